The zero-order valence-corrected chi connectivity index (χ0v) is 13.7. The summed E-state index contributed by atoms with van der Waals surface area (Å²) >= 11 is 0. The predicted octanol–water partition coefficient (Wildman–Crippen LogP) is 2.37. The number of hydrogen-bond donors (Lipinski definition) is 1. The Morgan fingerprint density at radius 2 is 1.67 bits per heavy atom. The number of likely N-dealkylation sites (N-methyl/N-ethyl adjacent to an activating group) is 1. The van der Waals surface area contributed by atoms with Crippen LogP contribution < -0.4 is 5.73 Å². The van der Waals surface area contributed by atoms with Crippen molar-refractivity contribution in [3.63, 3.8) is 0 Å². The van der Waals surface area contributed by atoms with Crippen molar-refractivity contribution in [3.05, 3.63) is 0 Å². The molecule has 122 valence electrons. The van der Waals surface area contributed by atoms with E-state index < -0.39 is 0 Å². The van der Waals surface area contributed by atoms with Gasteiger partial charge in [0.1, 0.15) is 0 Å². The number of nitrogens with zero attached hydrogens (tertiary/aromatic N) is 2. The van der Waals surface area contributed by atoms with Gasteiger partial charge in [0.2, 0.25) is 5.91 Å². The zero-order valence-electron chi connectivity index (χ0n) is 13.7. The van der Waals surface area contributed by atoms with E-state index in [1.54, 1.807) is 0 Å². The highest BCUT2D eigenvalue weighted by Gasteiger charge is 2.26. The van der Waals surface area contributed by atoms with E-state index in [9.17, 15) is 4.79 Å². The van der Waals surface area contributed by atoms with Crippen molar-refractivity contribution in [3.8, 4) is 0 Å². The maximum absolute atomic E-state index is 12.5. The van der Waals surface area contributed by atoms with Crippen molar-refractivity contribution in [2.75, 3.05) is 26.7 Å². The van der Waals surface area contributed by atoms with E-state index in [-0.39, 0.29) is 6.04 Å². The van der Waals surface area contributed by atoms with Crippen LogP contribution in [0.25, 0.3) is 0 Å². The molecule has 21 heavy (non-hydrogen) atoms. The second-order valence-electron chi connectivity index (χ2n) is 6.85. The van der Waals surface area contributed by atoms with Gasteiger partial charge in [-0.1, -0.05) is 25.7 Å². The van der Waals surface area contributed by atoms with Crippen LogP contribution in [0.4, 0.5) is 0 Å². The zero-order chi connectivity index (χ0) is 15.1. The molecule has 1 amide bonds. The molecule has 2 rings (SSSR count). The van der Waals surface area contributed by atoms with Crippen LogP contribution in [0.3, 0.4) is 0 Å². The molecule has 1 unspecified atom stereocenters. The first-order chi connectivity index (χ1) is 10.2. The summed E-state index contributed by atoms with van der Waals surface area (Å²) in [6.45, 7) is 2.49. The summed E-state index contributed by atoms with van der Waals surface area (Å²) in [5.74, 6) is 0.311. The monoisotopic (exact) mass is 295 g/mol. The highest BCUT2D eigenvalue weighted by Crippen LogP contribution is 2.23. The van der Waals surface area contributed by atoms with E-state index in [2.05, 4.69) is 11.9 Å². The molecule has 0 spiro atoms. The van der Waals surface area contributed by atoms with Crippen LogP contribution in [-0.4, -0.2) is 54.5 Å². The van der Waals surface area contributed by atoms with Gasteiger partial charge >= 0.3 is 0 Å². The molecule has 1 heterocycles. The third-order valence-corrected chi connectivity index (χ3v) is 5.37. The standard InChI is InChI=1S/C17H33N3O/c1-19(15-9-5-2-3-6-10-15)16(14-18)13-17(21)20-11-7-4-8-12-20/h15-16H,2-14,18H2,1H3. The second kappa shape index (κ2) is 8.74. The van der Waals surface area contributed by atoms with Gasteiger partial charge < -0.3 is 10.6 Å². The number of likely N-dealkylation sites (tertiary alicyclic amines) is 1. The summed E-state index contributed by atoms with van der Waals surface area (Å²) in [7, 11) is 2.18. The van der Waals surface area contributed by atoms with Gasteiger partial charge in [-0.25, -0.2) is 0 Å². The molecule has 0 aromatic carbocycles. The molecule has 4 heteroatoms. The van der Waals surface area contributed by atoms with Crippen molar-refractivity contribution >= 4 is 5.91 Å². The number of piperidine rings is 1. The first-order valence-electron chi connectivity index (χ1n) is 8.92. The molecule has 4 nitrogen and oxygen atoms in total. The van der Waals surface area contributed by atoms with Gasteiger partial charge in [0, 0.05) is 38.1 Å². The van der Waals surface area contributed by atoms with E-state index in [0.717, 1.165) is 25.9 Å². The van der Waals surface area contributed by atoms with Crippen molar-refractivity contribution in [1.29, 1.82) is 0 Å². The van der Waals surface area contributed by atoms with Crippen LogP contribution >= 0.6 is 0 Å². The molecule has 0 radical (unpaired) electrons. The predicted molar refractivity (Wildman–Crippen MR) is 87.1 cm³/mol. The Labute approximate surface area is 130 Å². The Kier molecular flexibility index (Phi) is 6.97. The van der Waals surface area contributed by atoms with Gasteiger partial charge in [-0.05, 0) is 39.2 Å². The van der Waals surface area contributed by atoms with Gasteiger partial charge in [-0.15, -0.1) is 0 Å². The maximum Gasteiger partial charge on any atom is 0.224 e. The third kappa shape index (κ3) is 4.96. The number of hydrogen-bond acceptors (Lipinski definition) is 3. The van der Waals surface area contributed by atoms with Crippen molar-refractivity contribution in [2.24, 2.45) is 5.73 Å². The Bertz CT molecular complexity index is 307. The van der Waals surface area contributed by atoms with Crippen LogP contribution in [-0.2, 0) is 4.79 Å². The average Bonchev–Trinajstić information content (AvgIpc) is 2.81. The average molecular weight is 295 g/mol. The first kappa shape index (κ1) is 16.8. The fraction of sp³-hybridized carbons (Fsp3) is 0.941. The quantitative estimate of drug-likeness (QED) is 0.792. The summed E-state index contributed by atoms with van der Waals surface area (Å²) < 4.78 is 0. The number of amides is 1. The lowest BCUT2D eigenvalue weighted by Gasteiger charge is -2.35. The normalized spacial score (nSPS) is 23.1. The summed E-state index contributed by atoms with van der Waals surface area (Å²) in [6.07, 6.45) is 12.1. The smallest absolute Gasteiger partial charge is 0.224 e. The minimum absolute atomic E-state index is 0.211. The molecule has 2 aliphatic rings. The van der Waals surface area contributed by atoms with E-state index in [1.807, 2.05) is 4.90 Å². The van der Waals surface area contributed by atoms with E-state index in [1.165, 1.54) is 44.9 Å². The van der Waals surface area contributed by atoms with Crippen LogP contribution in [0.1, 0.15) is 64.2 Å². The van der Waals surface area contributed by atoms with Crippen LogP contribution in [0, 0.1) is 0 Å². The Hall–Kier alpha value is -0.610. The van der Waals surface area contributed by atoms with Gasteiger partial charge in [0.25, 0.3) is 0 Å². The molecular weight excluding hydrogens is 262 g/mol. The van der Waals surface area contributed by atoms with Crippen LogP contribution in [0.2, 0.25) is 0 Å². The molecule has 1 aliphatic carbocycles. The highest BCUT2D eigenvalue weighted by atomic mass is 16.2. The summed E-state index contributed by atoms with van der Waals surface area (Å²) in [4.78, 5) is 16.9. The Morgan fingerprint density at radius 3 is 2.24 bits per heavy atom. The first-order valence-corrected chi connectivity index (χ1v) is 8.92. The molecule has 2 N–H and O–H groups in total. The largest absolute Gasteiger partial charge is 0.343 e. The number of carbonyl (C=O) groups is 1. The topological polar surface area (TPSA) is 49.6 Å². The van der Waals surface area contributed by atoms with Crippen molar-refractivity contribution in [2.45, 2.75) is 76.3 Å². The minimum Gasteiger partial charge on any atom is -0.343 e. The van der Waals surface area contributed by atoms with Gasteiger partial charge in [-0.2, -0.15) is 0 Å². The Balaban J connectivity index is 1.86. The van der Waals surface area contributed by atoms with E-state index in [4.69, 9.17) is 5.73 Å². The molecule has 0 aromatic rings. The van der Waals surface area contributed by atoms with Gasteiger partial charge in [0.05, 0.1) is 0 Å². The number of nitrogens with two attached hydrogens (primary N) is 1. The Morgan fingerprint density at radius 1 is 1.10 bits per heavy atom. The summed E-state index contributed by atoms with van der Waals surface area (Å²) in [5.41, 5.74) is 5.98. The van der Waals surface area contributed by atoms with Crippen LogP contribution in [0.15, 0.2) is 0 Å². The highest BCUT2D eigenvalue weighted by molar-refractivity contribution is 5.77. The lowest BCUT2D eigenvalue weighted by Crippen LogP contribution is -2.47. The van der Waals surface area contributed by atoms with E-state index >= 15 is 0 Å². The number of carbonyl (C=O) groups excluding carboxylic acids is 1. The molecule has 1 saturated carbocycles. The van der Waals surface area contributed by atoms with Crippen molar-refractivity contribution < 1.29 is 4.79 Å². The number of rotatable bonds is 5. The molecular formula is C17H33N3O. The summed E-state index contributed by atoms with van der Waals surface area (Å²) in [6, 6.07) is 0.831. The lowest BCUT2D eigenvalue weighted by atomic mass is 10.0. The SMILES string of the molecule is CN(C1CCCCCC1)C(CN)CC(=O)N1CCCCC1. The maximum atomic E-state index is 12.5. The molecule has 2 fully saturated rings. The molecule has 0 bridgehead atoms. The second-order valence-corrected chi connectivity index (χ2v) is 6.85. The van der Waals surface area contributed by atoms with Crippen LogP contribution in [0.5, 0.6) is 0 Å². The fourth-order valence-electron chi connectivity index (χ4n) is 3.83. The van der Waals surface area contributed by atoms with Gasteiger partial charge in [0.15, 0.2) is 0 Å². The third-order valence-electron chi connectivity index (χ3n) is 5.37. The molecule has 1 aliphatic heterocycles. The fourth-order valence-corrected chi connectivity index (χ4v) is 3.83. The summed E-state index contributed by atoms with van der Waals surface area (Å²) in [5, 5.41) is 0. The molecule has 0 aromatic heterocycles. The lowest BCUT2D eigenvalue weighted by molar-refractivity contribution is -0.133. The van der Waals surface area contributed by atoms with Crippen molar-refractivity contribution in [1.82, 2.24) is 9.80 Å². The minimum atomic E-state index is 0.211. The van der Waals surface area contributed by atoms with Gasteiger partial charge in [-0.3, -0.25) is 9.69 Å². The molecule has 1 atom stereocenters. The molecule has 1 saturated heterocycles. The van der Waals surface area contributed by atoms with E-state index in [0.29, 0.717) is 24.9 Å².